The van der Waals surface area contributed by atoms with Gasteiger partial charge in [0.25, 0.3) is 0 Å². The smallest absolute Gasteiger partial charge is 0.335 e. The lowest BCUT2D eigenvalue weighted by Crippen LogP contribution is -2.61. The normalized spacial score (nSPS) is 26.8. The number of ether oxygens (including phenoxy) is 2. The maximum atomic E-state index is 12.8. The maximum absolute atomic E-state index is 12.8. The summed E-state index contributed by atoms with van der Waals surface area (Å²) < 4.78 is 10.2. The predicted molar refractivity (Wildman–Crippen MR) is 105 cm³/mol. The fourth-order valence-corrected chi connectivity index (χ4v) is 3.23. The second-order valence-corrected chi connectivity index (χ2v) is 7.71. The fraction of sp³-hybridized carbons (Fsp3) is 0.364. The summed E-state index contributed by atoms with van der Waals surface area (Å²) in [5, 5.41) is 38.8. The van der Waals surface area contributed by atoms with Gasteiger partial charge in [0.05, 0.1) is 5.41 Å². The molecule has 0 spiro atoms. The van der Waals surface area contributed by atoms with Crippen molar-refractivity contribution in [2.24, 2.45) is 0 Å². The number of esters is 1. The monoisotopic (exact) mass is 416 g/mol. The molecule has 1 heterocycles. The van der Waals surface area contributed by atoms with Gasteiger partial charge in [-0.15, -0.1) is 0 Å². The van der Waals surface area contributed by atoms with E-state index in [1.54, 1.807) is 26.0 Å². The van der Waals surface area contributed by atoms with E-state index in [9.17, 15) is 24.9 Å². The van der Waals surface area contributed by atoms with Crippen LogP contribution in [-0.4, -0.2) is 63.1 Å². The van der Waals surface area contributed by atoms with Gasteiger partial charge in [0.1, 0.15) is 18.3 Å². The van der Waals surface area contributed by atoms with Gasteiger partial charge in [-0.25, -0.2) is 4.79 Å². The number of aliphatic hydroxyl groups excluding tert-OH is 3. The fourth-order valence-electron chi connectivity index (χ4n) is 3.23. The molecular formula is C22H24O8. The van der Waals surface area contributed by atoms with Crippen molar-refractivity contribution in [3.8, 4) is 11.1 Å². The maximum Gasteiger partial charge on any atom is 0.335 e. The van der Waals surface area contributed by atoms with E-state index in [0.717, 1.165) is 11.1 Å². The first-order valence-electron chi connectivity index (χ1n) is 9.42. The lowest BCUT2D eigenvalue weighted by molar-refractivity contribution is -0.287. The minimum Gasteiger partial charge on any atom is -0.479 e. The average molecular weight is 416 g/mol. The summed E-state index contributed by atoms with van der Waals surface area (Å²) in [7, 11) is 0. The summed E-state index contributed by atoms with van der Waals surface area (Å²) >= 11 is 0. The third-order valence-corrected chi connectivity index (χ3v) is 5.26. The summed E-state index contributed by atoms with van der Waals surface area (Å²) in [5.41, 5.74) is 1.47. The van der Waals surface area contributed by atoms with Crippen LogP contribution >= 0.6 is 0 Å². The summed E-state index contributed by atoms with van der Waals surface area (Å²) in [6.45, 7) is 3.23. The molecule has 4 N–H and O–H groups in total. The minimum absolute atomic E-state index is 0.632. The molecule has 0 bridgehead atoms. The molecule has 3 rings (SSSR count). The zero-order valence-corrected chi connectivity index (χ0v) is 16.5. The Morgan fingerprint density at radius 3 is 2.00 bits per heavy atom. The van der Waals surface area contributed by atoms with Crippen LogP contribution in [0.1, 0.15) is 19.4 Å². The van der Waals surface area contributed by atoms with Gasteiger partial charge in [0.2, 0.25) is 6.29 Å². The number of benzene rings is 2. The van der Waals surface area contributed by atoms with Crippen molar-refractivity contribution in [1.29, 1.82) is 0 Å². The molecule has 1 saturated heterocycles. The van der Waals surface area contributed by atoms with E-state index in [1.807, 2.05) is 42.5 Å². The van der Waals surface area contributed by atoms with Crippen LogP contribution in [0.2, 0.25) is 0 Å². The molecule has 8 nitrogen and oxygen atoms in total. The number of aliphatic carboxylic acids is 1. The molecular weight excluding hydrogens is 392 g/mol. The predicted octanol–water partition coefficient (Wildman–Crippen LogP) is 1.07. The topological polar surface area (TPSA) is 134 Å². The van der Waals surface area contributed by atoms with Gasteiger partial charge >= 0.3 is 11.9 Å². The van der Waals surface area contributed by atoms with Gasteiger partial charge in [-0.1, -0.05) is 54.6 Å². The van der Waals surface area contributed by atoms with E-state index in [-0.39, 0.29) is 0 Å². The molecule has 1 aliphatic rings. The van der Waals surface area contributed by atoms with E-state index in [4.69, 9.17) is 14.6 Å². The van der Waals surface area contributed by atoms with Crippen LogP contribution in [0, 0.1) is 0 Å². The summed E-state index contributed by atoms with van der Waals surface area (Å²) in [5.74, 6) is -2.34. The molecule has 0 saturated carbocycles. The van der Waals surface area contributed by atoms with Crippen LogP contribution in [0.15, 0.2) is 54.6 Å². The third-order valence-electron chi connectivity index (χ3n) is 5.26. The van der Waals surface area contributed by atoms with Gasteiger partial charge in [0.15, 0.2) is 6.10 Å². The molecule has 0 radical (unpaired) electrons. The highest BCUT2D eigenvalue weighted by molar-refractivity contribution is 5.82. The zero-order chi connectivity index (χ0) is 22.1. The molecule has 0 aromatic heterocycles. The second-order valence-electron chi connectivity index (χ2n) is 7.71. The van der Waals surface area contributed by atoms with Crippen molar-refractivity contribution in [3.05, 3.63) is 60.2 Å². The summed E-state index contributed by atoms with van der Waals surface area (Å²) in [6.07, 6.45) is -9.07. The molecule has 8 heteroatoms. The minimum atomic E-state index is -1.86. The Kier molecular flexibility index (Phi) is 6.23. The van der Waals surface area contributed by atoms with Crippen LogP contribution in [0.4, 0.5) is 0 Å². The van der Waals surface area contributed by atoms with Crippen molar-refractivity contribution in [2.45, 2.75) is 50.0 Å². The van der Waals surface area contributed by atoms with Gasteiger partial charge in [0, 0.05) is 0 Å². The summed E-state index contributed by atoms with van der Waals surface area (Å²) in [4.78, 5) is 24.0. The number of carbonyl (C=O) groups excluding carboxylic acids is 1. The first kappa shape index (κ1) is 21.9. The molecule has 0 aliphatic carbocycles. The lowest BCUT2D eigenvalue weighted by atomic mass is 9.84. The highest BCUT2D eigenvalue weighted by Gasteiger charge is 2.49. The Morgan fingerprint density at radius 2 is 1.43 bits per heavy atom. The number of hydrogen-bond donors (Lipinski definition) is 4. The first-order valence-corrected chi connectivity index (χ1v) is 9.42. The molecule has 160 valence electrons. The second kappa shape index (κ2) is 8.53. The Hall–Kier alpha value is -2.78. The van der Waals surface area contributed by atoms with Gasteiger partial charge in [-0.3, -0.25) is 4.79 Å². The number of carbonyl (C=O) groups is 2. The van der Waals surface area contributed by atoms with E-state index < -0.39 is 48.1 Å². The quantitative estimate of drug-likeness (QED) is 0.532. The van der Waals surface area contributed by atoms with Gasteiger partial charge < -0.3 is 29.9 Å². The molecule has 0 unspecified atom stereocenters. The third kappa shape index (κ3) is 4.22. The van der Waals surface area contributed by atoms with Crippen molar-refractivity contribution in [1.82, 2.24) is 0 Å². The molecule has 1 aliphatic heterocycles. The largest absolute Gasteiger partial charge is 0.479 e. The molecule has 2 aromatic carbocycles. The molecule has 2 aromatic rings. The van der Waals surface area contributed by atoms with Crippen LogP contribution in [-0.2, 0) is 24.5 Å². The van der Waals surface area contributed by atoms with Gasteiger partial charge in [-0.2, -0.15) is 0 Å². The van der Waals surface area contributed by atoms with Crippen molar-refractivity contribution < 1.29 is 39.5 Å². The van der Waals surface area contributed by atoms with E-state index in [2.05, 4.69) is 0 Å². The summed E-state index contributed by atoms with van der Waals surface area (Å²) in [6, 6.07) is 17.0. The Bertz CT molecular complexity index is 893. The average Bonchev–Trinajstić information content (AvgIpc) is 2.74. The number of carboxylic acids is 1. The van der Waals surface area contributed by atoms with Crippen LogP contribution in [0.5, 0.6) is 0 Å². The molecule has 1 fully saturated rings. The number of aliphatic hydroxyl groups is 3. The SMILES string of the molecule is CC(C)(C(=O)O[C@@H]1O[C@H](C(=O)O)[C@@H](O)[C@H](O)[C@H]1O)c1ccc(-c2ccccc2)cc1. The Balaban J connectivity index is 1.76. The van der Waals surface area contributed by atoms with E-state index >= 15 is 0 Å². The van der Waals surface area contributed by atoms with Crippen molar-refractivity contribution in [3.63, 3.8) is 0 Å². The van der Waals surface area contributed by atoms with Crippen molar-refractivity contribution in [2.75, 3.05) is 0 Å². The molecule has 30 heavy (non-hydrogen) atoms. The van der Waals surface area contributed by atoms with Crippen LogP contribution in [0.25, 0.3) is 11.1 Å². The zero-order valence-electron chi connectivity index (χ0n) is 16.5. The molecule has 0 amide bonds. The standard InChI is InChI=1S/C22H24O8/c1-22(2,14-10-8-13(9-11-14)12-6-4-3-5-7-12)21(28)30-20-17(25)15(23)16(24)18(29-20)19(26)27/h3-11,15-18,20,23-25H,1-2H3,(H,26,27)/t15-,16-,17+,18-,20-/m0/s1. The molecule has 5 atom stereocenters. The van der Waals surface area contributed by atoms with Gasteiger partial charge in [-0.05, 0) is 30.5 Å². The van der Waals surface area contributed by atoms with Crippen molar-refractivity contribution >= 4 is 11.9 Å². The lowest BCUT2D eigenvalue weighted by Gasteiger charge is -2.39. The Labute approximate surface area is 173 Å². The van der Waals surface area contributed by atoms with Crippen LogP contribution < -0.4 is 0 Å². The number of carboxylic acid groups (broad SMARTS) is 1. The number of hydrogen-bond acceptors (Lipinski definition) is 7. The van der Waals surface area contributed by atoms with Crippen LogP contribution in [0.3, 0.4) is 0 Å². The van der Waals surface area contributed by atoms with E-state index in [0.29, 0.717) is 5.56 Å². The van der Waals surface area contributed by atoms with E-state index in [1.165, 1.54) is 0 Å². The number of rotatable bonds is 5. The Morgan fingerprint density at radius 1 is 0.867 bits per heavy atom. The first-order chi connectivity index (χ1) is 14.1. The highest BCUT2D eigenvalue weighted by Crippen LogP contribution is 2.30. The highest BCUT2D eigenvalue weighted by atomic mass is 16.7.